The molecule has 172 valence electrons. The Hall–Kier alpha value is -4.08. The number of phenolic OH excluding ortho intramolecular Hbond substituents is 1. The SMILES string of the molecule is CC(=O)c1ccc(OCc2cccc(Oc3ccc(/C(C)=N/N)cn3)c2)c(C(F)(F)F)c1O. The van der Waals surface area contributed by atoms with Crippen molar-refractivity contribution < 1.29 is 32.5 Å². The Bertz CT molecular complexity index is 1190. The number of hydrogen-bond acceptors (Lipinski definition) is 7. The molecule has 0 saturated heterocycles. The summed E-state index contributed by atoms with van der Waals surface area (Å²) in [5.41, 5.74) is 0.0125. The molecule has 33 heavy (non-hydrogen) atoms. The minimum atomic E-state index is -4.92. The van der Waals surface area contributed by atoms with Crippen molar-refractivity contribution in [2.45, 2.75) is 26.6 Å². The number of alkyl halides is 3. The van der Waals surface area contributed by atoms with Gasteiger partial charge in [0.2, 0.25) is 5.88 Å². The lowest BCUT2D eigenvalue weighted by Gasteiger charge is -2.17. The number of rotatable bonds is 7. The normalized spacial score (nSPS) is 11.8. The summed E-state index contributed by atoms with van der Waals surface area (Å²) in [6, 6.07) is 12.0. The van der Waals surface area contributed by atoms with E-state index in [0.717, 1.165) is 24.6 Å². The van der Waals surface area contributed by atoms with Gasteiger partial charge >= 0.3 is 6.18 Å². The second-order valence-electron chi connectivity index (χ2n) is 7.03. The Morgan fingerprint density at radius 2 is 1.91 bits per heavy atom. The van der Waals surface area contributed by atoms with Crippen LogP contribution < -0.4 is 15.3 Å². The van der Waals surface area contributed by atoms with Gasteiger partial charge in [0.15, 0.2) is 5.78 Å². The third-order valence-corrected chi connectivity index (χ3v) is 4.67. The van der Waals surface area contributed by atoms with Gasteiger partial charge in [-0.2, -0.15) is 18.3 Å². The van der Waals surface area contributed by atoms with E-state index in [1.165, 1.54) is 0 Å². The second-order valence-corrected chi connectivity index (χ2v) is 7.03. The number of ether oxygens (including phenoxy) is 2. The van der Waals surface area contributed by atoms with Crippen LogP contribution >= 0.6 is 0 Å². The van der Waals surface area contributed by atoms with Gasteiger partial charge in [0.05, 0.1) is 11.3 Å². The van der Waals surface area contributed by atoms with Crippen LogP contribution in [0.4, 0.5) is 13.2 Å². The number of aromatic nitrogens is 1. The van der Waals surface area contributed by atoms with E-state index in [0.29, 0.717) is 22.9 Å². The quantitative estimate of drug-likeness (QED) is 0.221. The second kappa shape index (κ2) is 9.60. The molecule has 0 unspecified atom stereocenters. The number of hydrazone groups is 1. The molecule has 0 fully saturated rings. The average molecular weight is 459 g/mol. The lowest BCUT2D eigenvalue weighted by Crippen LogP contribution is -2.11. The highest BCUT2D eigenvalue weighted by Crippen LogP contribution is 2.44. The first kappa shape index (κ1) is 23.6. The van der Waals surface area contributed by atoms with Gasteiger partial charge in [0.25, 0.3) is 0 Å². The fourth-order valence-corrected chi connectivity index (χ4v) is 2.96. The summed E-state index contributed by atoms with van der Waals surface area (Å²) in [7, 11) is 0. The Morgan fingerprint density at radius 3 is 2.52 bits per heavy atom. The molecule has 10 heteroatoms. The van der Waals surface area contributed by atoms with Gasteiger partial charge in [-0.15, -0.1) is 0 Å². The summed E-state index contributed by atoms with van der Waals surface area (Å²) in [6.07, 6.45) is -3.37. The molecule has 0 aliphatic heterocycles. The Labute approximate surface area is 187 Å². The van der Waals surface area contributed by atoms with Crippen LogP contribution in [0.2, 0.25) is 0 Å². The topological polar surface area (TPSA) is 107 Å². The molecule has 7 nitrogen and oxygen atoms in total. The fourth-order valence-electron chi connectivity index (χ4n) is 2.96. The lowest BCUT2D eigenvalue weighted by molar-refractivity contribution is -0.140. The molecule has 1 heterocycles. The first-order chi connectivity index (χ1) is 15.6. The van der Waals surface area contributed by atoms with E-state index in [1.807, 2.05) is 0 Å². The number of aromatic hydroxyl groups is 1. The molecule has 3 N–H and O–H groups in total. The Balaban J connectivity index is 1.78. The molecule has 2 aromatic carbocycles. The van der Waals surface area contributed by atoms with E-state index in [2.05, 4.69) is 10.1 Å². The maximum Gasteiger partial charge on any atom is 0.423 e. The van der Waals surface area contributed by atoms with Crippen LogP contribution in [-0.4, -0.2) is 21.6 Å². The summed E-state index contributed by atoms with van der Waals surface area (Å²) in [6.45, 7) is 2.56. The number of hydrogen-bond donors (Lipinski definition) is 2. The molecule has 0 atom stereocenters. The van der Waals surface area contributed by atoms with Crippen LogP contribution in [-0.2, 0) is 12.8 Å². The molecule has 3 rings (SSSR count). The van der Waals surface area contributed by atoms with Crippen molar-refractivity contribution in [3.8, 4) is 23.1 Å². The summed E-state index contributed by atoms with van der Waals surface area (Å²) in [5, 5.41) is 13.6. The van der Waals surface area contributed by atoms with E-state index in [9.17, 15) is 23.1 Å². The zero-order chi connectivity index (χ0) is 24.2. The Morgan fingerprint density at radius 1 is 1.15 bits per heavy atom. The zero-order valence-corrected chi connectivity index (χ0v) is 17.7. The van der Waals surface area contributed by atoms with Gasteiger partial charge < -0.3 is 20.4 Å². The first-order valence-corrected chi connectivity index (χ1v) is 9.64. The number of nitrogens with zero attached hydrogens (tertiary/aromatic N) is 2. The molecule has 3 aromatic rings. The number of Topliss-reactive ketones (excluding diaryl/α,β-unsaturated/α-hetero) is 1. The lowest BCUT2D eigenvalue weighted by atomic mass is 10.0. The molecule has 0 aliphatic rings. The van der Waals surface area contributed by atoms with Crippen molar-refractivity contribution in [1.29, 1.82) is 0 Å². The molecule has 0 bridgehead atoms. The number of benzene rings is 2. The maximum absolute atomic E-state index is 13.5. The summed E-state index contributed by atoms with van der Waals surface area (Å²) in [5.74, 6) is 3.49. The minimum Gasteiger partial charge on any atom is -0.506 e. The van der Waals surface area contributed by atoms with Crippen molar-refractivity contribution in [2.75, 3.05) is 0 Å². The van der Waals surface area contributed by atoms with Crippen molar-refractivity contribution in [3.63, 3.8) is 0 Å². The van der Waals surface area contributed by atoms with Crippen LogP contribution in [0.3, 0.4) is 0 Å². The maximum atomic E-state index is 13.5. The zero-order valence-electron chi connectivity index (χ0n) is 17.7. The number of pyridine rings is 1. The van der Waals surface area contributed by atoms with Crippen LogP contribution in [0.1, 0.15) is 40.9 Å². The summed E-state index contributed by atoms with van der Waals surface area (Å²) >= 11 is 0. The van der Waals surface area contributed by atoms with Gasteiger partial charge in [0.1, 0.15) is 29.4 Å². The van der Waals surface area contributed by atoms with Gasteiger partial charge in [-0.1, -0.05) is 12.1 Å². The molecule has 0 spiro atoms. The smallest absolute Gasteiger partial charge is 0.423 e. The highest BCUT2D eigenvalue weighted by molar-refractivity contribution is 5.98. The summed E-state index contributed by atoms with van der Waals surface area (Å²) < 4.78 is 51.5. The van der Waals surface area contributed by atoms with Crippen molar-refractivity contribution in [3.05, 3.63) is 77.0 Å². The first-order valence-electron chi connectivity index (χ1n) is 9.64. The molecule has 0 radical (unpaired) electrons. The minimum absolute atomic E-state index is 0.238. The molecule has 0 amide bonds. The highest BCUT2D eigenvalue weighted by Gasteiger charge is 2.39. The number of ketones is 1. The van der Waals surface area contributed by atoms with E-state index in [4.69, 9.17) is 15.3 Å². The van der Waals surface area contributed by atoms with Gasteiger partial charge in [0, 0.05) is 17.8 Å². The number of carbonyl (C=O) groups excluding carboxylic acids is 1. The van der Waals surface area contributed by atoms with Crippen LogP contribution in [0.15, 0.2) is 59.8 Å². The fraction of sp³-hybridized carbons (Fsp3) is 0.174. The number of halogens is 3. The van der Waals surface area contributed by atoms with E-state index in [-0.39, 0.29) is 6.61 Å². The van der Waals surface area contributed by atoms with Crippen LogP contribution in [0, 0.1) is 0 Å². The monoisotopic (exact) mass is 459 g/mol. The Kier molecular flexibility index (Phi) is 6.86. The summed E-state index contributed by atoms with van der Waals surface area (Å²) in [4.78, 5) is 15.7. The van der Waals surface area contributed by atoms with Gasteiger partial charge in [-0.25, -0.2) is 4.98 Å². The van der Waals surface area contributed by atoms with Gasteiger partial charge in [-0.3, -0.25) is 4.79 Å². The van der Waals surface area contributed by atoms with E-state index in [1.54, 1.807) is 49.5 Å². The average Bonchev–Trinajstić information content (AvgIpc) is 2.76. The third kappa shape index (κ3) is 5.59. The molecule has 1 aromatic heterocycles. The number of phenols is 1. The number of carbonyl (C=O) groups is 1. The standard InChI is InChI=1S/C23H20F3N3O4/c1-13(29-27)16-6-9-20(28-11-16)33-17-5-3-4-15(10-17)12-32-19-8-7-18(14(2)30)22(31)21(19)23(24,25)26/h3-11,31H,12,27H2,1-2H3/b29-13+. The molecular formula is C23H20F3N3O4. The largest absolute Gasteiger partial charge is 0.506 e. The third-order valence-electron chi connectivity index (χ3n) is 4.67. The molecular weight excluding hydrogens is 439 g/mol. The predicted molar refractivity (Wildman–Crippen MR) is 115 cm³/mol. The van der Waals surface area contributed by atoms with Gasteiger partial charge in [-0.05, 0) is 49.7 Å². The van der Waals surface area contributed by atoms with Crippen LogP contribution in [0.5, 0.6) is 23.1 Å². The van der Waals surface area contributed by atoms with E-state index >= 15 is 0 Å². The van der Waals surface area contributed by atoms with Crippen molar-refractivity contribution >= 4 is 11.5 Å². The van der Waals surface area contributed by atoms with Crippen molar-refractivity contribution in [2.24, 2.45) is 10.9 Å². The van der Waals surface area contributed by atoms with E-state index < -0.39 is 34.6 Å². The van der Waals surface area contributed by atoms with Crippen LogP contribution in [0.25, 0.3) is 0 Å². The highest BCUT2D eigenvalue weighted by atomic mass is 19.4. The molecule has 0 saturated carbocycles. The predicted octanol–water partition coefficient (Wildman–Crippen LogP) is 5.06. The number of nitrogens with two attached hydrogens (primary N) is 1. The van der Waals surface area contributed by atoms with Crippen molar-refractivity contribution in [1.82, 2.24) is 4.98 Å². The molecule has 0 aliphatic carbocycles.